The second kappa shape index (κ2) is 9.32. The van der Waals surface area contributed by atoms with Gasteiger partial charge in [-0.25, -0.2) is 4.98 Å². The molecule has 28 heavy (non-hydrogen) atoms. The Morgan fingerprint density at radius 2 is 1.86 bits per heavy atom. The minimum atomic E-state index is -2.86. The molecule has 3 aromatic rings. The zero-order valence-electron chi connectivity index (χ0n) is 14.7. The number of ether oxygens (including phenoxy) is 1. The van der Waals surface area contributed by atoms with Gasteiger partial charge in [-0.1, -0.05) is 23.7 Å². The second-order valence-electron chi connectivity index (χ2n) is 5.92. The van der Waals surface area contributed by atoms with Crippen LogP contribution in [-0.4, -0.2) is 17.5 Å². The molecule has 0 saturated heterocycles. The molecule has 1 heterocycles. The highest BCUT2D eigenvalue weighted by Crippen LogP contribution is 2.22. The van der Waals surface area contributed by atoms with Gasteiger partial charge < -0.3 is 14.5 Å². The minimum Gasteiger partial charge on any atom is -0.441 e. The molecule has 0 aliphatic rings. The molecule has 0 saturated carbocycles. The maximum Gasteiger partial charge on any atom is 0.387 e. The summed E-state index contributed by atoms with van der Waals surface area (Å²) in [7, 11) is 0. The molecular weight excluding hydrogens is 390 g/mol. The van der Waals surface area contributed by atoms with E-state index in [-0.39, 0.29) is 24.6 Å². The summed E-state index contributed by atoms with van der Waals surface area (Å²) < 4.78 is 34.2. The Balaban J connectivity index is 1.45. The first-order valence-electron chi connectivity index (χ1n) is 8.51. The van der Waals surface area contributed by atoms with E-state index < -0.39 is 6.61 Å². The molecule has 0 aliphatic heterocycles. The highest BCUT2D eigenvalue weighted by Gasteiger charge is 2.09. The number of amides is 1. The summed E-state index contributed by atoms with van der Waals surface area (Å²) in [5.74, 6) is 0.983. The zero-order chi connectivity index (χ0) is 19.9. The molecule has 0 atom stereocenters. The van der Waals surface area contributed by atoms with Crippen LogP contribution < -0.4 is 10.1 Å². The molecule has 2 aromatic carbocycles. The predicted octanol–water partition coefficient (Wildman–Crippen LogP) is 4.85. The van der Waals surface area contributed by atoms with E-state index in [0.717, 1.165) is 11.1 Å². The van der Waals surface area contributed by atoms with Crippen LogP contribution in [0.25, 0.3) is 11.3 Å². The fourth-order valence-electron chi connectivity index (χ4n) is 2.47. The number of aryl methyl sites for hydroxylation is 1. The Bertz CT molecular complexity index is 912. The molecule has 8 heteroatoms. The van der Waals surface area contributed by atoms with Crippen LogP contribution in [0.4, 0.5) is 8.78 Å². The molecule has 0 fully saturated rings. The van der Waals surface area contributed by atoms with E-state index in [2.05, 4.69) is 15.0 Å². The van der Waals surface area contributed by atoms with Crippen molar-refractivity contribution < 1.29 is 22.7 Å². The maximum absolute atomic E-state index is 12.1. The topological polar surface area (TPSA) is 64.4 Å². The van der Waals surface area contributed by atoms with Crippen LogP contribution in [0.3, 0.4) is 0 Å². The van der Waals surface area contributed by atoms with Gasteiger partial charge in [0.1, 0.15) is 5.75 Å². The summed E-state index contributed by atoms with van der Waals surface area (Å²) in [6.45, 7) is -2.57. The van der Waals surface area contributed by atoms with E-state index in [9.17, 15) is 13.6 Å². The lowest BCUT2D eigenvalue weighted by Crippen LogP contribution is -2.23. The third-order valence-corrected chi connectivity index (χ3v) is 4.14. The number of nitrogens with zero attached hydrogens (tertiary/aromatic N) is 1. The number of aromatic nitrogens is 1. The Morgan fingerprint density at radius 1 is 1.14 bits per heavy atom. The Hall–Kier alpha value is -2.93. The fraction of sp³-hybridized carbons (Fsp3) is 0.200. The third-order valence-electron chi connectivity index (χ3n) is 3.89. The van der Waals surface area contributed by atoms with Gasteiger partial charge in [-0.3, -0.25) is 4.79 Å². The highest BCUT2D eigenvalue weighted by atomic mass is 35.5. The highest BCUT2D eigenvalue weighted by molar-refractivity contribution is 6.30. The number of oxazole rings is 1. The van der Waals surface area contributed by atoms with E-state index in [0.29, 0.717) is 23.1 Å². The van der Waals surface area contributed by atoms with Gasteiger partial charge >= 0.3 is 6.61 Å². The van der Waals surface area contributed by atoms with Crippen molar-refractivity contribution in [2.45, 2.75) is 26.0 Å². The molecule has 1 N–H and O–H groups in total. The number of nitrogens with one attached hydrogen (secondary N) is 1. The first-order chi connectivity index (χ1) is 13.5. The number of hydrogen-bond donors (Lipinski definition) is 1. The van der Waals surface area contributed by atoms with E-state index >= 15 is 0 Å². The average molecular weight is 407 g/mol. The Morgan fingerprint density at radius 3 is 2.54 bits per heavy atom. The summed E-state index contributed by atoms with van der Waals surface area (Å²) in [5, 5.41) is 3.40. The lowest BCUT2D eigenvalue weighted by atomic mass is 10.2. The molecule has 146 valence electrons. The van der Waals surface area contributed by atoms with Gasteiger partial charge in [0.15, 0.2) is 11.7 Å². The third kappa shape index (κ3) is 5.79. The summed E-state index contributed by atoms with van der Waals surface area (Å²) in [6.07, 6.45) is 2.19. The molecule has 1 amide bonds. The van der Waals surface area contributed by atoms with Gasteiger partial charge in [0.05, 0.1) is 6.20 Å². The van der Waals surface area contributed by atoms with Crippen molar-refractivity contribution >= 4 is 17.5 Å². The fourth-order valence-corrected chi connectivity index (χ4v) is 2.60. The normalized spacial score (nSPS) is 10.9. The predicted molar refractivity (Wildman–Crippen MR) is 100 cm³/mol. The number of alkyl halides is 2. The summed E-state index contributed by atoms with van der Waals surface area (Å²) >= 11 is 5.86. The number of carbonyl (C=O) groups excluding carboxylic acids is 1. The monoisotopic (exact) mass is 406 g/mol. The molecular formula is C20H17ClF2N2O3. The molecule has 3 rings (SSSR count). The zero-order valence-corrected chi connectivity index (χ0v) is 15.5. The number of hydrogen-bond acceptors (Lipinski definition) is 4. The van der Waals surface area contributed by atoms with Crippen LogP contribution >= 0.6 is 11.6 Å². The number of benzene rings is 2. The van der Waals surface area contributed by atoms with Crippen LogP contribution in [0.5, 0.6) is 5.75 Å². The number of carbonyl (C=O) groups is 1. The van der Waals surface area contributed by atoms with E-state index in [1.54, 1.807) is 30.5 Å². The molecule has 0 unspecified atom stereocenters. The summed E-state index contributed by atoms with van der Waals surface area (Å²) in [4.78, 5) is 16.2. The van der Waals surface area contributed by atoms with Gasteiger partial charge in [-0.05, 0) is 42.0 Å². The van der Waals surface area contributed by atoms with Gasteiger partial charge in [0.25, 0.3) is 0 Å². The van der Waals surface area contributed by atoms with Gasteiger partial charge in [0.2, 0.25) is 5.91 Å². The Kier molecular flexibility index (Phi) is 6.60. The number of halogens is 3. The quantitative estimate of drug-likeness (QED) is 0.581. The van der Waals surface area contributed by atoms with Crippen molar-refractivity contribution in [3.63, 3.8) is 0 Å². The number of rotatable bonds is 8. The van der Waals surface area contributed by atoms with Crippen LogP contribution in [0, 0.1) is 0 Å². The molecule has 0 bridgehead atoms. The summed E-state index contributed by atoms with van der Waals surface area (Å²) in [6, 6.07) is 13.3. The lowest BCUT2D eigenvalue weighted by molar-refractivity contribution is -0.121. The second-order valence-corrected chi connectivity index (χ2v) is 6.36. The van der Waals surface area contributed by atoms with Crippen LogP contribution in [0.1, 0.15) is 17.9 Å². The smallest absolute Gasteiger partial charge is 0.387 e. The standard InChI is InChI=1S/C20H17ClF2N2O3/c21-15-5-3-14(4-6-15)17-12-25-19(28-17)10-9-18(26)24-11-13-1-7-16(8-2-13)27-20(22)23/h1-8,12,20H,9-11H2,(H,24,26). The SMILES string of the molecule is O=C(CCc1ncc(-c2ccc(Cl)cc2)o1)NCc1ccc(OC(F)F)cc1. The van der Waals surface area contributed by atoms with Gasteiger partial charge in [-0.15, -0.1) is 0 Å². The van der Waals surface area contributed by atoms with Crippen LogP contribution in [0.2, 0.25) is 5.02 Å². The van der Waals surface area contributed by atoms with Crippen LogP contribution in [-0.2, 0) is 17.8 Å². The average Bonchev–Trinajstić information content (AvgIpc) is 3.15. The van der Waals surface area contributed by atoms with Crippen molar-refractivity contribution in [1.82, 2.24) is 10.3 Å². The van der Waals surface area contributed by atoms with E-state index in [1.807, 2.05) is 12.1 Å². The summed E-state index contributed by atoms with van der Waals surface area (Å²) in [5.41, 5.74) is 1.63. The van der Waals surface area contributed by atoms with Crippen molar-refractivity contribution in [1.29, 1.82) is 0 Å². The molecule has 0 radical (unpaired) electrons. The Labute approximate surface area is 165 Å². The lowest BCUT2D eigenvalue weighted by Gasteiger charge is -2.07. The van der Waals surface area contributed by atoms with Crippen molar-refractivity contribution in [2.75, 3.05) is 0 Å². The van der Waals surface area contributed by atoms with Crippen molar-refractivity contribution in [2.24, 2.45) is 0 Å². The van der Waals surface area contributed by atoms with Crippen molar-refractivity contribution in [3.05, 3.63) is 71.2 Å². The maximum atomic E-state index is 12.1. The largest absolute Gasteiger partial charge is 0.441 e. The van der Waals surface area contributed by atoms with Gasteiger partial charge in [0, 0.05) is 30.0 Å². The first-order valence-corrected chi connectivity index (χ1v) is 8.88. The molecule has 0 spiro atoms. The van der Waals surface area contributed by atoms with E-state index in [1.165, 1.54) is 12.1 Å². The van der Waals surface area contributed by atoms with Gasteiger partial charge in [-0.2, -0.15) is 8.78 Å². The molecule has 5 nitrogen and oxygen atoms in total. The minimum absolute atomic E-state index is 0.0745. The van der Waals surface area contributed by atoms with Crippen LogP contribution in [0.15, 0.2) is 59.1 Å². The van der Waals surface area contributed by atoms with E-state index in [4.69, 9.17) is 16.0 Å². The first kappa shape index (κ1) is 19.8. The van der Waals surface area contributed by atoms with Crippen molar-refractivity contribution in [3.8, 4) is 17.1 Å². The molecule has 0 aliphatic carbocycles. The molecule has 1 aromatic heterocycles.